The molecule has 0 fully saturated rings. The van der Waals surface area contributed by atoms with Crippen molar-refractivity contribution in [2.75, 3.05) is 18.6 Å². The van der Waals surface area contributed by atoms with Crippen LogP contribution in [0.3, 0.4) is 0 Å². The first-order valence-corrected chi connectivity index (χ1v) is 7.44. The Morgan fingerprint density at radius 3 is 2.75 bits per heavy atom. The second kappa shape index (κ2) is 6.72. The summed E-state index contributed by atoms with van der Waals surface area (Å²) < 4.78 is 4.92. The first-order chi connectivity index (χ1) is 9.60. The highest BCUT2D eigenvalue weighted by Gasteiger charge is 2.14. The number of hydrogen-bond acceptors (Lipinski definition) is 5. The predicted molar refractivity (Wildman–Crippen MR) is 81.6 cm³/mol. The van der Waals surface area contributed by atoms with Gasteiger partial charge in [0.25, 0.3) is 0 Å². The lowest BCUT2D eigenvalue weighted by molar-refractivity contribution is 0.0520. The van der Waals surface area contributed by atoms with E-state index in [0.29, 0.717) is 18.8 Å². The average Bonchev–Trinajstić information content (AvgIpc) is 2.91. The van der Waals surface area contributed by atoms with Crippen LogP contribution in [0.5, 0.6) is 0 Å². The van der Waals surface area contributed by atoms with E-state index in [2.05, 4.69) is 4.98 Å². The van der Waals surface area contributed by atoms with Crippen LogP contribution in [0.15, 0.2) is 29.6 Å². The molecular weight excluding hydrogens is 296 g/mol. The maximum absolute atomic E-state index is 11.6. The zero-order valence-electron chi connectivity index (χ0n) is 11.3. The third-order valence-corrected chi connectivity index (χ3v) is 3.84. The summed E-state index contributed by atoms with van der Waals surface area (Å²) in [6.45, 7) is 2.83. The maximum atomic E-state index is 11.6. The summed E-state index contributed by atoms with van der Waals surface area (Å²) in [5.41, 5.74) is 1.49. The minimum absolute atomic E-state index is 0.353. The summed E-state index contributed by atoms with van der Waals surface area (Å²) in [5, 5.41) is 3.21. The van der Waals surface area contributed by atoms with Crippen LogP contribution in [-0.2, 0) is 11.3 Å². The second-order valence-corrected chi connectivity index (χ2v) is 5.49. The molecule has 0 bridgehead atoms. The normalized spacial score (nSPS) is 10.3. The van der Waals surface area contributed by atoms with Crippen LogP contribution in [0, 0.1) is 0 Å². The molecule has 1 heterocycles. The molecule has 0 spiro atoms. The Morgan fingerprint density at radius 2 is 2.10 bits per heavy atom. The third-order valence-electron chi connectivity index (χ3n) is 2.64. The number of nitrogens with zero attached hydrogens (tertiary/aromatic N) is 2. The highest BCUT2D eigenvalue weighted by molar-refractivity contribution is 7.13. The fourth-order valence-electron chi connectivity index (χ4n) is 1.67. The molecule has 0 N–H and O–H groups in total. The van der Waals surface area contributed by atoms with Crippen LogP contribution in [0.2, 0.25) is 5.02 Å². The van der Waals surface area contributed by atoms with Crippen LogP contribution >= 0.6 is 22.9 Å². The molecule has 0 saturated carbocycles. The van der Waals surface area contributed by atoms with Crippen molar-refractivity contribution in [1.82, 2.24) is 4.98 Å². The first kappa shape index (κ1) is 14.8. The Labute approximate surface area is 127 Å². The van der Waals surface area contributed by atoms with Crippen LogP contribution < -0.4 is 4.90 Å². The average molecular weight is 311 g/mol. The molecule has 0 aliphatic carbocycles. The van der Waals surface area contributed by atoms with E-state index in [0.717, 1.165) is 15.7 Å². The van der Waals surface area contributed by atoms with Gasteiger partial charge in [0.15, 0.2) is 10.8 Å². The first-order valence-electron chi connectivity index (χ1n) is 6.18. The molecule has 1 aromatic heterocycles. The Hall–Kier alpha value is -1.59. The molecule has 20 heavy (non-hydrogen) atoms. The van der Waals surface area contributed by atoms with Gasteiger partial charge in [0.2, 0.25) is 0 Å². The Balaban J connectivity index is 2.04. The van der Waals surface area contributed by atoms with E-state index in [1.165, 1.54) is 11.3 Å². The van der Waals surface area contributed by atoms with E-state index in [9.17, 15) is 4.79 Å². The van der Waals surface area contributed by atoms with Gasteiger partial charge in [-0.25, -0.2) is 9.78 Å². The summed E-state index contributed by atoms with van der Waals surface area (Å²) in [7, 11) is 1.93. The Morgan fingerprint density at radius 1 is 1.40 bits per heavy atom. The minimum Gasteiger partial charge on any atom is -0.461 e. The predicted octanol–water partition coefficient (Wildman–Crippen LogP) is 3.61. The molecule has 4 nitrogen and oxygen atoms in total. The monoisotopic (exact) mass is 310 g/mol. The summed E-state index contributed by atoms with van der Waals surface area (Å²) in [6, 6.07) is 7.66. The highest BCUT2D eigenvalue weighted by Crippen LogP contribution is 2.22. The fraction of sp³-hybridized carbons (Fsp3) is 0.286. The molecular formula is C14H15ClN2O2S. The van der Waals surface area contributed by atoms with Crippen molar-refractivity contribution in [2.45, 2.75) is 13.5 Å². The number of ether oxygens (including phenoxy) is 1. The van der Waals surface area contributed by atoms with Crippen molar-refractivity contribution in [1.29, 1.82) is 0 Å². The number of hydrogen-bond donors (Lipinski definition) is 0. The van der Waals surface area contributed by atoms with Crippen LogP contribution in [0.1, 0.15) is 23.0 Å². The van der Waals surface area contributed by atoms with Crippen molar-refractivity contribution in [2.24, 2.45) is 0 Å². The largest absolute Gasteiger partial charge is 0.461 e. The molecule has 0 aliphatic heterocycles. The summed E-state index contributed by atoms with van der Waals surface area (Å²) in [5.74, 6) is -0.380. The van der Waals surface area contributed by atoms with Gasteiger partial charge in [-0.1, -0.05) is 23.7 Å². The maximum Gasteiger partial charge on any atom is 0.357 e. The zero-order chi connectivity index (χ0) is 14.5. The van der Waals surface area contributed by atoms with Gasteiger partial charge in [-0.2, -0.15) is 0 Å². The topological polar surface area (TPSA) is 42.4 Å². The molecule has 2 aromatic rings. The van der Waals surface area contributed by atoms with Gasteiger partial charge in [0.05, 0.1) is 6.61 Å². The number of carbonyl (C=O) groups is 1. The van der Waals surface area contributed by atoms with Gasteiger partial charge in [-0.05, 0) is 24.6 Å². The lowest BCUT2D eigenvalue weighted by Gasteiger charge is -2.15. The standard InChI is InChI=1S/C14H15ClN2O2S/c1-3-19-13(18)12-9-20-14(16-12)17(2)8-10-4-6-11(15)7-5-10/h4-7,9H,3,8H2,1-2H3. The summed E-state index contributed by atoms with van der Waals surface area (Å²) >= 11 is 7.28. The fourth-order valence-corrected chi connectivity index (χ4v) is 2.56. The Kier molecular flexibility index (Phi) is 4.98. The van der Waals surface area contributed by atoms with E-state index in [4.69, 9.17) is 16.3 Å². The number of thiazole rings is 1. The molecule has 0 unspecified atom stereocenters. The second-order valence-electron chi connectivity index (χ2n) is 4.22. The van der Waals surface area contributed by atoms with Crippen LogP contribution in [-0.4, -0.2) is 24.6 Å². The van der Waals surface area contributed by atoms with Gasteiger partial charge in [0, 0.05) is 24.0 Å². The smallest absolute Gasteiger partial charge is 0.357 e. The summed E-state index contributed by atoms with van der Waals surface area (Å²) in [6.07, 6.45) is 0. The molecule has 2 rings (SSSR count). The minimum atomic E-state index is -0.380. The van der Waals surface area contributed by atoms with Crippen molar-refractivity contribution in [3.05, 3.63) is 45.9 Å². The molecule has 0 radical (unpaired) electrons. The van der Waals surface area contributed by atoms with E-state index < -0.39 is 0 Å². The van der Waals surface area contributed by atoms with Gasteiger partial charge in [-0.15, -0.1) is 11.3 Å². The number of aromatic nitrogens is 1. The molecule has 0 amide bonds. The van der Waals surface area contributed by atoms with Crippen molar-refractivity contribution in [3.63, 3.8) is 0 Å². The third kappa shape index (κ3) is 3.71. The lowest BCUT2D eigenvalue weighted by Crippen LogP contribution is -2.16. The number of halogens is 1. The zero-order valence-corrected chi connectivity index (χ0v) is 12.9. The van der Waals surface area contributed by atoms with E-state index in [1.54, 1.807) is 12.3 Å². The quantitative estimate of drug-likeness (QED) is 0.791. The van der Waals surface area contributed by atoms with Crippen LogP contribution in [0.25, 0.3) is 0 Å². The van der Waals surface area contributed by atoms with E-state index in [1.807, 2.05) is 36.2 Å². The van der Waals surface area contributed by atoms with Gasteiger partial charge in [-0.3, -0.25) is 0 Å². The number of benzene rings is 1. The summed E-state index contributed by atoms with van der Waals surface area (Å²) in [4.78, 5) is 17.8. The van der Waals surface area contributed by atoms with Gasteiger partial charge in [0.1, 0.15) is 0 Å². The van der Waals surface area contributed by atoms with Crippen molar-refractivity contribution in [3.8, 4) is 0 Å². The molecule has 1 aromatic carbocycles. The number of rotatable bonds is 5. The molecule has 106 valence electrons. The van der Waals surface area contributed by atoms with E-state index >= 15 is 0 Å². The molecule has 0 atom stereocenters. The van der Waals surface area contributed by atoms with Crippen LogP contribution in [0.4, 0.5) is 5.13 Å². The van der Waals surface area contributed by atoms with Gasteiger partial charge < -0.3 is 9.64 Å². The molecule has 0 saturated heterocycles. The van der Waals surface area contributed by atoms with Crippen molar-refractivity contribution >= 4 is 34.0 Å². The molecule has 0 aliphatic rings. The number of anilines is 1. The lowest BCUT2D eigenvalue weighted by atomic mass is 10.2. The molecule has 6 heteroatoms. The van der Waals surface area contributed by atoms with Gasteiger partial charge >= 0.3 is 5.97 Å². The van der Waals surface area contributed by atoms with Crippen molar-refractivity contribution < 1.29 is 9.53 Å². The SMILES string of the molecule is CCOC(=O)c1csc(N(C)Cc2ccc(Cl)cc2)n1. The Bertz CT molecular complexity index is 583. The van der Waals surface area contributed by atoms with E-state index in [-0.39, 0.29) is 5.97 Å². The number of carbonyl (C=O) groups excluding carboxylic acids is 1. The highest BCUT2D eigenvalue weighted by atomic mass is 35.5. The number of esters is 1.